The Morgan fingerprint density at radius 1 is 0.174 bits per heavy atom. The van der Waals surface area contributed by atoms with E-state index in [0.29, 0.717) is 119 Å². The summed E-state index contributed by atoms with van der Waals surface area (Å²) in [4.78, 5) is 0. The molecule has 46 heavy (non-hydrogen) atoms. The molecule has 0 aromatic heterocycles. The highest BCUT2D eigenvalue weighted by atomic mass is 16.6. The minimum absolute atomic E-state index is 0.535. The van der Waals surface area contributed by atoms with Gasteiger partial charge in [-0.25, -0.2) is 0 Å². The van der Waals surface area contributed by atoms with Crippen LogP contribution in [0.1, 0.15) is 104 Å². The van der Waals surface area contributed by atoms with Gasteiger partial charge < -0.3 is 47.4 Å². The monoisotopic (exact) mass is 667 g/mol. The molecule has 0 aromatic rings. The molecule has 10 nitrogen and oxygen atoms in total. The lowest BCUT2D eigenvalue weighted by Crippen LogP contribution is -2.15. The normalized spacial score (nSPS) is 11.6. The van der Waals surface area contributed by atoms with Crippen LogP contribution in [0.25, 0.3) is 0 Å². The lowest BCUT2D eigenvalue weighted by Gasteiger charge is -2.09. The van der Waals surface area contributed by atoms with E-state index in [1.54, 1.807) is 0 Å². The fraction of sp³-hybridized carbons (Fsp3) is 1.00. The second-order valence-corrected chi connectivity index (χ2v) is 11.4. The largest absolute Gasteiger partial charge is 0.379 e. The first-order valence-electron chi connectivity index (χ1n) is 18.7. The Labute approximate surface area is 283 Å². The van der Waals surface area contributed by atoms with E-state index in [9.17, 15) is 0 Å². The molecule has 0 unspecified atom stereocenters. The van der Waals surface area contributed by atoms with Crippen LogP contribution in [-0.2, 0) is 47.4 Å². The van der Waals surface area contributed by atoms with E-state index in [0.717, 1.165) is 26.1 Å². The highest BCUT2D eigenvalue weighted by Crippen LogP contribution is 2.08. The number of rotatable bonds is 43. The summed E-state index contributed by atoms with van der Waals surface area (Å²) in [7, 11) is 0. The Morgan fingerprint density at radius 3 is 0.522 bits per heavy atom. The summed E-state index contributed by atoms with van der Waals surface area (Å²) in [5.74, 6) is 0. The van der Waals surface area contributed by atoms with Crippen LogP contribution in [0, 0.1) is 0 Å². The van der Waals surface area contributed by atoms with Crippen molar-refractivity contribution in [1.82, 2.24) is 0 Å². The van der Waals surface area contributed by atoms with Gasteiger partial charge in [0, 0.05) is 13.2 Å². The quantitative estimate of drug-likeness (QED) is 0.0659. The summed E-state index contributed by atoms with van der Waals surface area (Å²) in [6, 6.07) is 0. The average Bonchev–Trinajstić information content (AvgIpc) is 3.07. The standard InChI is InChI=1S/C36H74O10/c1-3-5-7-9-11-12-14-16-18-38-20-22-40-24-26-42-28-30-44-32-34-46-36-35-45-33-31-43-29-27-41-25-23-39-21-19-37-17-15-13-10-8-6-4-2/h3-36H2,1-2H3. The minimum Gasteiger partial charge on any atom is -0.379 e. The van der Waals surface area contributed by atoms with Crippen LogP contribution in [0.4, 0.5) is 0 Å². The molecule has 0 fully saturated rings. The van der Waals surface area contributed by atoms with Crippen LogP contribution in [0.5, 0.6) is 0 Å². The van der Waals surface area contributed by atoms with Crippen LogP contribution in [0.15, 0.2) is 0 Å². The summed E-state index contributed by atoms with van der Waals surface area (Å²) in [5, 5.41) is 0. The van der Waals surface area contributed by atoms with Gasteiger partial charge in [0.25, 0.3) is 0 Å². The van der Waals surface area contributed by atoms with Gasteiger partial charge in [-0.3, -0.25) is 0 Å². The Kier molecular flexibility index (Phi) is 44.2. The highest BCUT2D eigenvalue weighted by Gasteiger charge is 1.97. The topological polar surface area (TPSA) is 92.3 Å². The van der Waals surface area contributed by atoms with Crippen molar-refractivity contribution in [1.29, 1.82) is 0 Å². The second kappa shape index (κ2) is 44.6. The predicted octanol–water partition coefficient (Wildman–Crippen LogP) is 6.65. The maximum absolute atomic E-state index is 5.63. The molecule has 10 heteroatoms. The van der Waals surface area contributed by atoms with Crippen molar-refractivity contribution < 1.29 is 47.4 Å². The second-order valence-electron chi connectivity index (χ2n) is 11.4. The van der Waals surface area contributed by atoms with Gasteiger partial charge in [0.1, 0.15) is 0 Å². The zero-order valence-corrected chi connectivity index (χ0v) is 30.1. The fourth-order valence-electron chi connectivity index (χ4n) is 4.40. The molecule has 0 saturated heterocycles. The lowest BCUT2D eigenvalue weighted by molar-refractivity contribution is -0.0264. The summed E-state index contributed by atoms with van der Waals surface area (Å²) >= 11 is 0. The van der Waals surface area contributed by atoms with Crippen LogP contribution in [0.2, 0.25) is 0 Å². The summed E-state index contributed by atoms with van der Waals surface area (Å²) in [6.45, 7) is 16.4. The summed E-state index contributed by atoms with van der Waals surface area (Å²) in [5.41, 5.74) is 0. The molecule has 0 radical (unpaired) electrons. The van der Waals surface area contributed by atoms with Gasteiger partial charge >= 0.3 is 0 Å². The number of unbranched alkanes of at least 4 members (excludes halogenated alkanes) is 12. The van der Waals surface area contributed by atoms with Crippen LogP contribution in [-0.4, -0.2) is 132 Å². The molecule has 0 rings (SSSR count). The van der Waals surface area contributed by atoms with E-state index in [4.69, 9.17) is 47.4 Å². The van der Waals surface area contributed by atoms with Gasteiger partial charge in [-0.2, -0.15) is 0 Å². The summed E-state index contributed by atoms with van der Waals surface area (Å²) in [6.07, 6.45) is 18.3. The first kappa shape index (κ1) is 45.6. The number of hydrogen-bond donors (Lipinski definition) is 0. The highest BCUT2D eigenvalue weighted by molar-refractivity contribution is 4.46. The van der Waals surface area contributed by atoms with E-state index >= 15 is 0 Å². The zero-order chi connectivity index (χ0) is 33.1. The molecule has 0 aromatic carbocycles. The molecule has 0 aliphatic carbocycles. The third kappa shape index (κ3) is 43.6. The molecule has 0 saturated carbocycles. The molecule has 0 heterocycles. The van der Waals surface area contributed by atoms with E-state index in [1.165, 1.54) is 77.0 Å². The molecule has 0 spiro atoms. The maximum Gasteiger partial charge on any atom is 0.0701 e. The molecule has 0 bridgehead atoms. The first-order valence-corrected chi connectivity index (χ1v) is 18.7. The van der Waals surface area contributed by atoms with Crippen molar-refractivity contribution in [3.05, 3.63) is 0 Å². The molecule has 278 valence electrons. The summed E-state index contributed by atoms with van der Waals surface area (Å²) < 4.78 is 55.3. The fourth-order valence-corrected chi connectivity index (χ4v) is 4.40. The van der Waals surface area contributed by atoms with Crippen LogP contribution >= 0.6 is 0 Å². The van der Waals surface area contributed by atoms with Gasteiger partial charge in [0.05, 0.1) is 119 Å². The predicted molar refractivity (Wildman–Crippen MR) is 184 cm³/mol. The number of hydrogen-bond acceptors (Lipinski definition) is 10. The molecule has 0 aliphatic rings. The van der Waals surface area contributed by atoms with E-state index in [-0.39, 0.29) is 0 Å². The third-order valence-electron chi connectivity index (χ3n) is 7.13. The smallest absolute Gasteiger partial charge is 0.0701 e. The molecule has 0 aliphatic heterocycles. The van der Waals surface area contributed by atoms with Gasteiger partial charge in [-0.15, -0.1) is 0 Å². The van der Waals surface area contributed by atoms with E-state index < -0.39 is 0 Å². The zero-order valence-electron chi connectivity index (χ0n) is 30.1. The molecule has 0 N–H and O–H groups in total. The molecular formula is C36H74O10. The Bertz CT molecular complexity index is 471. The lowest BCUT2D eigenvalue weighted by atomic mass is 10.1. The first-order chi connectivity index (χ1) is 22.9. The van der Waals surface area contributed by atoms with Gasteiger partial charge in [-0.05, 0) is 12.8 Å². The van der Waals surface area contributed by atoms with Crippen LogP contribution < -0.4 is 0 Å². The van der Waals surface area contributed by atoms with Gasteiger partial charge in [0.2, 0.25) is 0 Å². The Morgan fingerprint density at radius 2 is 0.326 bits per heavy atom. The Hall–Kier alpha value is -0.400. The Balaban J connectivity index is 3.03. The molecule has 0 amide bonds. The number of ether oxygens (including phenoxy) is 10. The van der Waals surface area contributed by atoms with Crippen molar-refractivity contribution >= 4 is 0 Å². The van der Waals surface area contributed by atoms with Crippen LogP contribution in [0.3, 0.4) is 0 Å². The average molecular weight is 667 g/mol. The SMILES string of the molecule is CCCCCCCCCCOCCOCCOCCOCCOCCOCCOCCOCCOCCOCCCCCCCC. The minimum atomic E-state index is 0.535. The van der Waals surface area contributed by atoms with Gasteiger partial charge in [-0.1, -0.05) is 90.9 Å². The van der Waals surface area contributed by atoms with E-state index in [1.807, 2.05) is 0 Å². The third-order valence-corrected chi connectivity index (χ3v) is 7.13. The van der Waals surface area contributed by atoms with Crippen molar-refractivity contribution in [2.24, 2.45) is 0 Å². The molecule has 0 atom stereocenters. The van der Waals surface area contributed by atoms with Crippen molar-refractivity contribution in [3.63, 3.8) is 0 Å². The molecular weight excluding hydrogens is 592 g/mol. The maximum atomic E-state index is 5.63. The van der Waals surface area contributed by atoms with Gasteiger partial charge in [0.15, 0.2) is 0 Å². The van der Waals surface area contributed by atoms with Crippen molar-refractivity contribution in [2.75, 3.05) is 132 Å². The van der Waals surface area contributed by atoms with Crippen molar-refractivity contribution in [3.8, 4) is 0 Å². The van der Waals surface area contributed by atoms with Crippen molar-refractivity contribution in [2.45, 2.75) is 104 Å². The van der Waals surface area contributed by atoms with E-state index in [2.05, 4.69) is 13.8 Å².